The largest absolute Gasteiger partial charge is 0.395 e. The molecule has 2 N–H and O–H groups in total. The Balaban J connectivity index is 2.42. The van der Waals surface area contributed by atoms with E-state index in [9.17, 15) is 5.11 Å². The van der Waals surface area contributed by atoms with Crippen LogP contribution in [-0.4, -0.2) is 47.0 Å². The summed E-state index contributed by atoms with van der Waals surface area (Å²) in [5, 5.41) is 18.2. The quantitative estimate of drug-likeness (QED) is 0.641. The summed E-state index contributed by atoms with van der Waals surface area (Å²) in [7, 11) is 0. The number of aliphatic hydroxyl groups is 2. The van der Waals surface area contributed by atoms with Gasteiger partial charge >= 0.3 is 0 Å². The molecule has 0 saturated carbocycles. The minimum Gasteiger partial charge on any atom is -0.395 e. The Morgan fingerprint density at radius 2 is 2.25 bits per heavy atom. The third kappa shape index (κ3) is 2.44. The fourth-order valence-electron chi connectivity index (χ4n) is 1.97. The first-order chi connectivity index (χ1) is 5.75. The molecule has 1 saturated heterocycles. The van der Waals surface area contributed by atoms with E-state index in [2.05, 4.69) is 4.90 Å². The van der Waals surface area contributed by atoms with Crippen LogP contribution >= 0.6 is 0 Å². The lowest BCUT2D eigenvalue weighted by Gasteiger charge is -2.36. The van der Waals surface area contributed by atoms with E-state index in [1.165, 1.54) is 12.8 Å². The van der Waals surface area contributed by atoms with E-state index in [4.69, 9.17) is 5.11 Å². The predicted octanol–water partition coefficient (Wildman–Crippen LogP) is 0.214. The molecule has 3 heteroatoms. The molecule has 0 spiro atoms. The highest BCUT2D eigenvalue weighted by Gasteiger charge is 2.25. The highest BCUT2D eigenvalue weighted by atomic mass is 16.3. The molecule has 0 unspecified atom stereocenters. The Kier molecular flexibility index (Phi) is 3.98. The zero-order valence-corrected chi connectivity index (χ0v) is 7.74. The molecule has 0 radical (unpaired) electrons. The maximum absolute atomic E-state index is 9.45. The highest BCUT2D eigenvalue weighted by Crippen LogP contribution is 2.18. The van der Waals surface area contributed by atoms with E-state index in [1.54, 1.807) is 0 Å². The molecule has 1 heterocycles. The molecule has 0 aliphatic carbocycles. The summed E-state index contributed by atoms with van der Waals surface area (Å²) in [6, 6.07) is 0.269. The highest BCUT2D eigenvalue weighted by molar-refractivity contribution is 4.80. The lowest BCUT2D eigenvalue weighted by Crippen LogP contribution is -2.46. The topological polar surface area (TPSA) is 43.7 Å². The summed E-state index contributed by atoms with van der Waals surface area (Å²) in [5.41, 5.74) is 0. The fraction of sp³-hybridized carbons (Fsp3) is 1.00. The first-order valence-corrected chi connectivity index (χ1v) is 4.78. The van der Waals surface area contributed by atoms with Gasteiger partial charge in [-0.1, -0.05) is 6.42 Å². The second kappa shape index (κ2) is 4.80. The van der Waals surface area contributed by atoms with Gasteiger partial charge in [0.15, 0.2) is 0 Å². The molecule has 0 bridgehead atoms. The Morgan fingerprint density at radius 1 is 1.50 bits per heavy atom. The van der Waals surface area contributed by atoms with Gasteiger partial charge in [0.2, 0.25) is 0 Å². The Labute approximate surface area is 74.0 Å². The molecule has 1 aliphatic heterocycles. The van der Waals surface area contributed by atoms with Gasteiger partial charge < -0.3 is 10.2 Å². The Morgan fingerprint density at radius 3 is 2.83 bits per heavy atom. The summed E-state index contributed by atoms with van der Waals surface area (Å²) in [5.74, 6) is 0. The number of β-amino-alcohol motifs (C(OH)–C–C–N with tert-alkyl or cyclic N) is 1. The molecular formula is C9H19NO2. The SMILES string of the molecule is C[C@H](O)[C@@H]1CCCCN1CCO. The van der Waals surface area contributed by atoms with Crippen molar-refractivity contribution in [2.45, 2.75) is 38.3 Å². The summed E-state index contributed by atoms with van der Waals surface area (Å²) < 4.78 is 0. The van der Waals surface area contributed by atoms with Gasteiger partial charge in [-0.3, -0.25) is 4.90 Å². The van der Waals surface area contributed by atoms with Crippen molar-refractivity contribution in [2.75, 3.05) is 19.7 Å². The van der Waals surface area contributed by atoms with Gasteiger partial charge in [0.05, 0.1) is 12.7 Å². The molecule has 0 amide bonds. The van der Waals surface area contributed by atoms with Crippen LogP contribution < -0.4 is 0 Å². The molecule has 1 aliphatic rings. The second-order valence-corrected chi connectivity index (χ2v) is 3.56. The van der Waals surface area contributed by atoms with Crippen LogP contribution in [0.2, 0.25) is 0 Å². The molecule has 0 aromatic rings. The van der Waals surface area contributed by atoms with E-state index in [0.29, 0.717) is 6.54 Å². The van der Waals surface area contributed by atoms with Gasteiger partial charge in [0, 0.05) is 12.6 Å². The number of nitrogens with zero attached hydrogens (tertiary/aromatic N) is 1. The lowest BCUT2D eigenvalue weighted by atomic mass is 9.98. The van der Waals surface area contributed by atoms with Crippen LogP contribution in [0.25, 0.3) is 0 Å². The van der Waals surface area contributed by atoms with Gasteiger partial charge in [0.1, 0.15) is 0 Å². The fourth-order valence-corrected chi connectivity index (χ4v) is 1.97. The molecule has 1 rings (SSSR count). The van der Waals surface area contributed by atoms with Gasteiger partial charge in [-0.05, 0) is 26.3 Å². The zero-order chi connectivity index (χ0) is 8.97. The summed E-state index contributed by atoms with van der Waals surface area (Å²) >= 11 is 0. The van der Waals surface area contributed by atoms with Crippen LogP contribution in [0.4, 0.5) is 0 Å². The van der Waals surface area contributed by atoms with E-state index >= 15 is 0 Å². The molecule has 0 aromatic heterocycles. The second-order valence-electron chi connectivity index (χ2n) is 3.56. The van der Waals surface area contributed by atoms with Crippen LogP contribution in [0, 0.1) is 0 Å². The third-order valence-corrected chi connectivity index (χ3v) is 2.61. The number of hydrogen-bond donors (Lipinski definition) is 2. The summed E-state index contributed by atoms with van der Waals surface area (Å²) in [6.07, 6.45) is 3.20. The molecule has 1 fully saturated rings. The van der Waals surface area contributed by atoms with Crippen LogP contribution in [-0.2, 0) is 0 Å². The van der Waals surface area contributed by atoms with Crippen molar-refractivity contribution in [1.29, 1.82) is 0 Å². The first kappa shape index (κ1) is 9.96. The van der Waals surface area contributed by atoms with E-state index in [-0.39, 0.29) is 18.8 Å². The molecule has 12 heavy (non-hydrogen) atoms. The minimum absolute atomic E-state index is 0.198. The average molecular weight is 173 g/mol. The molecule has 0 aromatic carbocycles. The number of hydrogen-bond acceptors (Lipinski definition) is 3. The van der Waals surface area contributed by atoms with Crippen molar-refractivity contribution in [3.8, 4) is 0 Å². The van der Waals surface area contributed by atoms with Crippen LogP contribution in [0.1, 0.15) is 26.2 Å². The molecule has 72 valence electrons. The van der Waals surface area contributed by atoms with Gasteiger partial charge in [-0.25, -0.2) is 0 Å². The number of likely N-dealkylation sites (tertiary alicyclic amines) is 1. The van der Waals surface area contributed by atoms with Gasteiger partial charge in [-0.2, -0.15) is 0 Å². The van der Waals surface area contributed by atoms with Gasteiger partial charge in [0.25, 0.3) is 0 Å². The van der Waals surface area contributed by atoms with Crippen molar-refractivity contribution < 1.29 is 10.2 Å². The van der Waals surface area contributed by atoms with Crippen molar-refractivity contribution in [3.05, 3.63) is 0 Å². The molecule has 2 atom stereocenters. The maximum Gasteiger partial charge on any atom is 0.0667 e. The Hall–Kier alpha value is -0.120. The third-order valence-electron chi connectivity index (χ3n) is 2.61. The zero-order valence-electron chi connectivity index (χ0n) is 7.74. The van der Waals surface area contributed by atoms with Crippen molar-refractivity contribution in [2.24, 2.45) is 0 Å². The molecule has 3 nitrogen and oxygen atoms in total. The predicted molar refractivity (Wildman–Crippen MR) is 48.0 cm³/mol. The molecular weight excluding hydrogens is 154 g/mol. The minimum atomic E-state index is -0.267. The normalized spacial score (nSPS) is 28.8. The maximum atomic E-state index is 9.45. The van der Waals surface area contributed by atoms with Crippen molar-refractivity contribution in [3.63, 3.8) is 0 Å². The van der Waals surface area contributed by atoms with Gasteiger partial charge in [-0.15, -0.1) is 0 Å². The van der Waals surface area contributed by atoms with Crippen LogP contribution in [0.3, 0.4) is 0 Å². The van der Waals surface area contributed by atoms with E-state index in [0.717, 1.165) is 13.0 Å². The van der Waals surface area contributed by atoms with Crippen molar-refractivity contribution >= 4 is 0 Å². The van der Waals surface area contributed by atoms with Crippen LogP contribution in [0.5, 0.6) is 0 Å². The first-order valence-electron chi connectivity index (χ1n) is 4.78. The lowest BCUT2D eigenvalue weighted by molar-refractivity contribution is 0.0273. The van der Waals surface area contributed by atoms with E-state index in [1.807, 2.05) is 6.92 Å². The number of rotatable bonds is 3. The monoisotopic (exact) mass is 173 g/mol. The van der Waals surface area contributed by atoms with Crippen molar-refractivity contribution in [1.82, 2.24) is 4.90 Å². The summed E-state index contributed by atoms with van der Waals surface area (Å²) in [4.78, 5) is 2.19. The standard InChI is InChI=1S/C9H19NO2/c1-8(12)9-4-2-3-5-10(9)6-7-11/h8-9,11-12H,2-7H2,1H3/t8-,9-/m0/s1. The number of aliphatic hydroxyl groups excluding tert-OH is 2. The van der Waals surface area contributed by atoms with E-state index < -0.39 is 0 Å². The average Bonchev–Trinajstić information content (AvgIpc) is 2.05. The smallest absolute Gasteiger partial charge is 0.0667 e. The van der Waals surface area contributed by atoms with Crippen LogP contribution in [0.15, 0.2) is 0 Å². The number of piperidine rings is 1. The summed E-state index contributed by atoms with van der Waals surface area (Å²) in [6.45, 7) is 3.76. The Bertz CT molecular complexity index is 126.